The van der Waals surface area contributed by atoms with Gasteiger partial charge in [-0.25, -0.2) is 0 Å². The summed E-state index contributed by atoms with van der Waals surface area (Å²) in [6, 6.07) is 65.7. The minimum atomic E-state index is -0.481. The van der Waals surface area contributed by atoms with Crippen LogP contribution < -0.4 is 0 Å². The Morgan fingerprint density at radius 2 is 0.845 bits per heavy atom. The van der Waals surface area contributed by atoms with Crippen LogP contribution in [0.4, 0.5) is 0 Å². The first-order chi connectivity index (χ1) is 30.9. The minimum absolute atomic E-state index is 0.204. The molecule has 11 aromatic rings. The fourth-order valence-corrected chi connectivity index (χ4v) is 11.0. The van der Waals surface area contributed by atoms with Gasteiger partial charge in [-0.2, -0.15) is 0 Å². The fraction of sp³-hybridized carbons (Fsp3) is 0.0175. The number of rotatable bonds is 6. The van der Waals surface area contributed by atoms with Gasteiger partial charge in [-0.3, -0.25) is 0 Å². The highest BCUT2D eigenvalue weighted by atomic mass is 32.1. The predicted molar refractivity (Wildman–Crippen MR) is 248 cm³/mol. The van der Waals surface area contributed by atoms with E-state index in [1.807, 2.05) is 47.7 Å². The molecular formula is C57H36S. The second-order valence-electron chi connectivity index (χ2n) is 15.1. The van der Waals surface area contributed by atoms with Gasteiger partial charge in [0, 0.05) is 20.2 Å². The van der Waals surface area contributed by atoms with E-state index in [9.17, 15) is 0 Å². The molecule has 0 radical (unpaired) electrons. The first-order valence-corrected chi connectivity index (χ1v) is 20.5. The molecule has 1 aliphatic rings. The Balaban J connectivity index is 0.979. The maximum atomic E-state index is 8.89. The summed E-state index contributed by atoms with van der Waals surface area (Å²) in [4.78, 5) is 0. The zero-order valence-electron chi connectivity index (χ0n) is 36.3. The topological polar surface area (TPSA) is 0 Å². The Bertz CT molecular complexity index is 3520. The van der Waals surface area contributed by atoms with Gasteiger partial charge in [0.15, 0.2) is 0 Å². The second-order valence-corrected chi connectivity index (χ2v) is 16.2. The monoisotopic (exact) mass is 757 g/mol. The molecular weight excluding hydrogens is 717 g/mol. The molecule has 270 valence electrons. The van der Waals surface area contributed by atoms with Crippen molar-refractivity contribution in [2.75, 3.05) is 0 Å². The van der Waals surface area contributed by atoms with Crippen molar-refractivity contribution in [3.05, 3.63) is 241 Å². The first kappa shape index (κ1) is 28.4. The average molecular weight is 758 g/mol. The zero-order valence-corrected chi connectivity index (χ0v) is 32.1. The normalized spacial score (nSPS) is 14.2. The summed E-state index contributed by atoms with van der Waals surface area (Å²) in [5.41, 5.74) is 12.3. The predicted octanol–water partition coefficient (Wildman–Crippen LogP) is 15.7. The van der Waals surface area contributed by atoms with Gasteiger partial charge in [0.05, 0.1) is 12.3 Å². The van der Waals surface area contributed by atoms with Crippen LogP contribution in [0.15, 0.2) is 218 Å². The van der Waals surface area contributed by atoms with Gasteiger partial charge >= 0.3 is 0 Å². The molecule has 0 N–H and O–H groups in total. The van der Waals surface area contributed by atoms with Crippen molar-refractivity contribution in [2.24, 2.45) is 0 Å². The molecule has 10 aromatic carbocycles. The number of hydrogen-bond acceptors (Lipinski definition) is 1. The standard InChI is InChI=1S/C57H36S/c1-4-15-40(16-5-1)52-45-21-10-12-23-47(45)53(48-24-13-11-22-46(48)52)41-33-29-38(30-34-41)37-27-31-39(32-28-37)44-35-36-51-55-54-49(25-14-26-50(54)58-51)57(56(44)55,42-17-6-2-7-18-42)43-19-8-3-9-20-43/h1-36H/i1D,4D,5D,15D,16D. The molecule has 12 rings (SSSR count). The zero-order chi connectivity index (χ0) is 42.6. The average Bonchev–Trinajstić information content (AvgIpc) is 3.89. The highest BCUT2D eigenvalue weighted by Crippen LogP contribution is 2.60. The summed E-state index contributed by atoms with van der Waals surface area (Å²) >= 11 is 1.88. The van der Waals surface area contributed by atoms with Crippen LogP contribution in [0.3, 0.4) is 0 Å². The lowest BCUT2D eigenvalue weighted by atomic mass is 9.66. The molecule has 0 unspecified atom stereocenters. The van der Waals surface area contributed by atoms with E-state index >= 15 is 0 Å². The van der Waals surface area contributed by atoms with Crippen molar-refractivity contribution in [2.45, 2.75) is 5.41 Å². The Hall–Kier alpha value is -7.06. The SMILES string of the molecule is [2H]c1c([2H])c([2H])c(-c2c3ccccc3c(-c3ccc(-c4ccc(-c5ccc6sc7cccc8c7c6c5C8(c5ccccc5)c5ccccc5)cc4)cc3)c3ccccc23)c([2H])c1[2H]. The minimum Gasteiger partial charge on any atom is -0.135 e. The lowest BCUT2D eigenvalue weighted by Crippen LogP contribution is -2.29. The molecule has 0 amide bonds. The second kappa shape index (κ2) is 13.0. The Labute approximate surface area is 349 Å². The van der Waals surface area contributed by atoms with Crippen LogP contribution >= 0.6 is 11.3 Å². The van der Waals surface area contributed by atoms with Crippen molar-refractivity contribution in [3.8, 4) is 44.5 Å². The molecule has 0 atom stereocenters. The molecule has 0 bridgehead atoms. The maximum absolute atomic E-state index is 8.89. The van der Waals surface area contributed by atoms with Gasteiger partial charge in [-0.15, -0.1) is 11.3 Å². The number of hydrogen-bond donors (Lipinski definition) is 0. The van der Waals surface area contributed by atoms with E-state index < -0.39 is 11.5 Å². The molecule has 1 aromatic heterocycles. The summed E-state index contributed by atoms with van der Waals surface area (Å²) in [5.74, 6) is 0. The van der Waals surface area contributed by atoms with Gasteiger partial charge in [0.1, 0.15) is 0 Å². The van der Waals surface area contributed by atoms with Crippen LogP contribution in [0, 0.1) is 0 Å². The van der Waals surface area contributed by atoms with Gasteiger partial charge < -0.3 is 0 Å². The lowest BCUT2D eigenvalue weighted by molar-refractivity contribution is 0.773. The van der Waals surface area contributed by atoms with E-state index in [2.05, 4.69) is 152 Å². The third-order valence-corrected chi connectivity index (χ3v) is 13.4. The van der Waals surface area contributed by atoms with Gasteiger partial charge in [0.2, 0.25) is 0 Å². The van der Waals surface area contributed by atoms with Crippen LogP contribution in [0.2, 0.25) is 0 Å². The fourth-order valence-electron chi connectivity index (χ4n) is 9.88. The molecule has 1 aliphatic carbocycles. The molecule has 0 spiro atoms. The molecule has 58 heavy (non-hydrogen) atoms. The molecule has 0 saturated carbocycles. The van der Waals surface area contributed by atoms with Crippen molar-refractivity contribution in [1.29, 1.82) is 0 Å². The Kier molecular flexibility index (Phi) is 6.35. The van der Waals surface area contributed by atoms with E-state index in [1.165, 1.54) is 53.6 Å². The molecule has 0 aliphatic heterocycles. The largest absolute Gasteiger partial charge is 0.135 e. The summed E-state index contributed by atoms with van der Waals surface area (Å²) in [6.45, 7) is 0. The molecule has 1 heterocycles. The van der Waals surface area contributed by atoms with Gasteiger partial charge in [0.25, 0.3) is 0 Å². The summed E-state index contributed by atoms with van der Waals surface area (Å²) in [6.07, 6.45) is 0. The highest BCUT2D eigenvalue weighted by molar-refractivity contribution is 7.26. The van der Waals surface area contributed by atoms with Crippen molar-refractivity contribution >= 4 is 53.1 Å². The molecule has 0 fully saturated rings. The van der Waals surface area contributed by atoms with E-state index in [0.29, 0.717) is 5.56 Å². The summed E-state index contributed by atoms with van der Waals surface area (Å²) < 4.78 is 45.6. The van der Waals surface area contributed by atoms with Crippen molar-refractivity contribution in [1.82, 2.24) is 0 Å². The molecule has 1 heteroatoms. The van der Waals surface area contributed by atoms with E-state index in [1.54, 1.807) is 0 Å². The van der Waals surface area contributed by atoms with E-state index in [-0.39, 0.29) is 29.7 Å². The third-order valence-electron chi connectivity index (χ3n) is 12.2. The maximum Gasteiger partial charge on any atom is 0.0720 e. The summed E-state index contributed by atoms with van der Waals surface area (Å²) in [5, 5.41) is 6.29. The summed E-state index contributed by atoms with van der Waals surface area (Å²) in [7, 11) is 0. The van der Waals surface area contributed by atoms with Crippen LogP contribution in [0.25, 0.3) is 86.2 Å². The van der Waals surface area contributed by atoms with E-state index in [4.69, 9.17) is 6.85 Å². The van der Waals surface area contributed by atoms with Crippen LogP contribution in [-0.4, -0.2) is 0 Å². The third kappa shape index (κ3) is 4.75. The molecule has 0 saturated heterocycles. The molecule has 0 nitrogen and oxygen atoms in total. The Morgan fingerprint density at radius 1 is 0.362 bits per heavy atom. The number of benzene rings is 10. The van der Waals surface area contributed by atoms with Crippen LogP contribution in [-0.2, 0) is 5.41 Å². The van der Waals surface area contributed by atoms with Crippen LogP contribution in [0.1, 0.15) is 29.1 Å². The number of thiophene rings is 1. The van der Waals surface area contributed by atoms with Crippen molar-refractivity contribution < 1.29 is 6.85 Å². The lowest BCUT2D eigenvalue weighted by Gasteiger charge is -2.36. The smallest absolute Gasteiger partial charge is 0.0720 e. The quantitative estimate of drug-likeness (QED) is 0.148. The first-order valence-electron chi connectivity index (χ1n) is 22.2. The van der Waals surface area contributed by atoms with Gasteiger partial charge in [-0.05, 0) is 100 Å². The highest BCUT2D eigenvalue weighted by Gasteiger charge is 2.47. The van der Waals surface area contributed by atoms with Crippen molar-refractivity contribution in [3.63, 3.8) is 0 Å². The Morgan fingerprint density at radius 3 is 1.41 bits per heavy atom. The van der Waals surface area contributed by atoms with Crippen LogP contribution in [0.5, 0.6) is 0 Å². The van der Waals surface area contributed by atoms with E-state index in [0.717, 1.165) is 43.8 Å². The van der Waals surface area contributed by atoms with Gasteiger partial charge in [-0.1, -0.05) is 206 Å². The number of fused-ring (bicyclic) bond motifs is 2.